The number of benzene rings is 1. The minimum absolute atomic E-state index is 0.347. The van der Waals surface area contributed by atoms with Crippen molar-refractivity contribution in [1.82, 2.24) is 19.8 Å². The van der Waals surface area contributed by atoms with E-state index in [-0.39, 0.29) is 0 Å². The molecular formula is C21H30N6. The molecule has 1 aromatic heterocycles. The van der Waals surface area contributed by atoms with Gasteiger partial charge in [0.1, 0.15) is 5.82 Å². The Morgan fingerprint density at radius 1 is 0.963 bits per heavy atom. The Balaban J connectivity index is 1.60. The summed E-state index contributed by atoms with van der Waals surface area (Å²) in [6.07, 6.45) is 2.61. The third kappa shape index (κ3) is 4.06. The van der Waals surface area contributed by atoms with E-state index in [0.29, 0.717) is 12.0 Å². The molecule has 0 spiro atoms. The molecule has 1 aromatic carbocycles. The Bertz CT molecular complexity index is 778. The fourth-order valence-corrected chi connectivity index (χ4v) is 4.10. The maximum Gasteiger partial charge on any atom is 0.222 e. The van der Waals surface area contributed by atoms with Crippen LogP contribution in [0, 0.1) is 0 Å². The number of hydrogen-bond donors (Lipinski definition) is 1. The van der Waals surface area contributed by atoms with Crippen LogP contribution in [0.15, 0.2) is 30.3 Å². The molecule has 27 heavy (non-hydrogen) atoms. The number of hydrogen-bond acceptors (Lipinski definition) is 6. The van der Waals surface area contributed by atoms with Crippen LogP contribution in [0.1, 0.15) is 31.4 Å². The standard InChI is InChI=1S/C21H30N6/c1-16(26-8-3-4-9-26)17-6-5-7-18(14-17)19-15-20(24-21(22)23-19)27-12-10-25(2)11-13-27/h5-7,14-16H,3-4,8-13H2,1-2H3,(H2,22,23,24). The summed E-state index contributed by atoms with van der Waals surface area (Å²) >= 11 is 0. The molecule has 144 valence electrons. The summed E-state index contributed by atoms with van der Waals surface area (Å²) in [5.41, 5.74) is 9.42. The van der Waals surface area contributed by atoms with Gasteiger partial charge in [0.25, 0.3) is 0 Å². The van der Waals surface area contributed by atoms with Gasteiger partial charge < -0.3 is 15.5 Å². The molecule has 3 heterocycles. The van der Waals surface area contributed by atoms with E-state index in [2.05, 4.69) is 69.0 Å². The summed E-state index contributed by atoms with van der Waals surface area (Å²) in [7, 11) is 2.16. The van der Waals surface area contributed by atoms with Crippen LogP contribution >= 0.6 is 0 Å². The zero-order chi connectivity index (χ0) is 18.8. The van der Waals surface area contributed by atoms with Crippen molar-refractivity contribution in [2.75, 3.05) is 56.9 Å². The molecule has 1 unspecified atom stereocenters. The van der Waals surface area contributed by atoms with Crippen LogP contribution in [0.3, 0.4) is 0 Å². The van der Waals surface area contributed by atoms with Crippen LogP contribution < -0.4 is 10.6 Å². The maximum atomic E-state index is 6.06. The van der Waals surface area contributed by atoms with Crippen molar-refractivity contribution in [2.45, 2.75) is 25.8 Å². The molecule has 2 saturated heterocycles. The van der Waals surface area contributed by atoms with E-state index in [9.17, 15) is 0 Å². The Hall–Kier alpha value is -2.18. The topological polar surface area (TPSA) is 61.5 Å². The number of nitrogens with two attached hydrogens (primary N) is 1. The second kappa shape index (κ2) is 7.82. The zero-order valence-electron chi connectivity index (χ0n) is 16.4. The fourth-order valence-electron chi connectivity index (χ4n) is 4.10. The molecule has 1 atom stereocenters. The molecule has 0 saturated carbocycles. The molecule has 2 N–H and O–H groups in total. The summed E-state index contributed by atoms with van der Waals surface area (Å²) in [5.74, 6) is 1.28. The van der Waals surface area contributed by atoms with Crippen LogP contribution in [0.4, 0.5) is 11.8 Å². The van der Waals surface area contributed by atoms with Gasteiger partial charge in [-0.1, -0.05) is 18.2 Å². The number of likely N-dealkylation sites (tertiary alicyclic amines) is 1. The lowest BCUT2D eigenvalue weighted by Gasteiger charge is -2.33. The third-order valence-electron chi connectivity index (χ3n) is 5.91. The largest absolute Gasteiger partial charge is 0.368 e. The van der Waals surface area contributed by atoms with E-state index in [1.165, 1.54) is 31.5 Å². The number of nitrogen functional groups attached to an aromatic ring is 1. The minimum Gasteiger partial charge on any atom is -0.368 e. The number of rotatable bonds is 4. The van der Waals surface area contributed by atoms with Gasteiger partial charge in [-0.25, -0.2) is 4.98 Å². The molecule has 6 heteroatoms. The molecule has 6 nitrogen and oxygen atoms in total. The lowest BCUT2D eigenvalue weighted by Crippen LogP contribution is -2.44. The summed E-state index contributed by atoms with van der Waals surface area (Å²) in [6, 6.07) is 11.3. The number of aromatic nitrogens is 2. The van der Waals surface area contributed by atoms with Crippen LogP contribution in [0.2, 0.25) is 0 Å². The Labute approximate surface area is 162 Å². The summed E-state index contributed by atoms with van der Waals surface area (Å²) in [5, 5.41) is 0. The van der Waals surface area contributed by atoms with Crippen molar-refractivity contribution in [3.63, 3.8) is 0 Å². The van der Waals surface area contributed by atoms with Gasteiger partial charge in [-0.05, 0) is 51.5 Å². The average molecular weight is 367 g/mol. The smallest absolute Gasteiger partial charge is 0.222 e. The first-order valence-corrected chi connectivity index (χ1v) is 10.0. The second-order valence-electron chi connectivity index (χ2n) is 7.80. The average Bonchev–Trinajstić information content (AvgIpc) is 3.22. The van der Waals surface area contributed by atoms with Gasteiger partial charge in [0.2, 0.25) is 5.95 Å². The molecule has 0 aliphatic carbocycles. The van der Waals surface area contributed by atoms with Crippen molar-refractivity contribution in [2.24, 2.45) is 0 Å². The summed E-state index contributed by atoms with van der Waals surface area (Å²) < 4.78 is 0. The Morgan fingerprint density at radius 3 is 2.44 bits per heavy atom. The molecule has 0 bridgehead atoms. The minimum atomic E-state index is 0.347. The lowest BCUT2D eigenvalue weighted by molar-refractivity contribution is 0.263. The van der Waals surface area contributed by atoms with Crippen molar-refractivity contribution >= 4 is 11.8 Å². The van der Waals surface area contributed by atoms with Crippen LogP contribution in [-0.2, 0) is 0 Å². The highest BCUT2D eigenvalue weighted by Gasteiger charge is 2.20. The highest BCUT2D eigenvalue weighted by atomic mass is 15.3. The van der Waals surface area contributed by atoms with Gasteiger partial charge >= 0.3 is 0 Å². The van der Waals surface area contributed by atoms with Gasteiger partial charge in [-0.15, -0.1) is 0 Å². The predicted molar refractivity (Wildman–Crippen MR) is 111 cm³/mol. The number of piperazine rings is 1. The fraction of sp³-hybridized carbons (Fsp3) is 0.524. The van der Waals surface area contributed by atoms with Crippen molar-refractivity contribution in [3.05, 3.63) is 35.9 Å². The number of likely N-dealkylation sites (N-methyl/N-ethyl adjacent to an activating group) is 1. The maximum absolute atomic E-state index is 6.06. The van der Waals surface area contributed by atoms with E-state index in [1.807, 2.05) is 0 Å². The van der Waals surface area contributed by atoms with Crippen molar-refractivity contribution < 1.29 is 0 Å². The van der Waals surface area contributed by atoms with Crippen LogP contribution in [-0.4, -0.2) is 66.1 Å². The normalized spacial score (nSPS) is 20.1. The first-order chi connectivity index (χ1) is 13.1. The Kier molecular flexibility index (Phi) is 5.27. The lowest BCUT2D eigenvalue weighted by atomic mass is 10.0. The number of anilines is 2. The summed E-state index contributed by atoms with van der Waals surface area (Å²) in [6.45, 7) is 8.72. The van der Waals surface area contributed by atoms with E-state index in [0.717, 1.165) is 43.3 Å². The highest BCUT2D eigenvalue weighted by molar-refractivity contribution is 5.65. The van der Waals surface area contributed by atoms with Crippen LogP contribution in [0.25, 0.3) is 11.3 Å². The van der Waals surface area contributed by atoms with Gasteiger partial charge in [0, 0.05) is 43.9 Å². The van der Waals surface area contributed by atoms with E-state index in [4.69, 9.17) is 5.73 Å². The molecule has 2 aliphatic heterocycles. The predicted octanol–water partition coefficient (Wildman–Crippen LogP) is 2.63. The monoisotopic (exact) mass is 366 g/mol. The Morgan fingerprint density at radius 2 is 1.70 bits per heavy atom. The van der Waals surface area contributed by atoms with Gasteiger partial charge in [-0.3, -0.25) is 4.90 Å². The van der Waals surface area contributed by atoms with Crippen LogP contribution in [0.5, 0.6) is 0 Å². The molecule has 2 aromatic rings. The molecule has 0 amide bonds. The van der Waals surface area contributed by atoms with Crippen molar-refractivity contribution in [1.29, 1.82) is 0 Å². The molecule has 0 radical (unpaired) electrons. The zero-order valence-corrected chi connectivity index (χ0v) is 16.4. The van der Waals surface area contributed by atoms with E-state index in [1.54, 1.807) is 0 Å². The number of nitrogens with zero attached hydrogens (tertiary/aromatic N) is 5. The van der Waals surface area contributed by atoms with Gasteiger partial charge in [-0.2, -0.15) is 4.98 Å². The first-order valence-electron chi connectivity index (χ1n) is 10.0. The first kappa shape index (κ1) is 18.2. The third-order valence-corrected chi connectivity index (χ3v) is 5.91. The van der Waals surface area contributed by atoms with Gasteiger partial charge in [0.15, 0.2) is 0 Å². The molecule has 2 fully saturated rings. The quantitative estimate of drug-likeness (QED) is 0.898. The molecule has 4 rings (SSSR count). The SMILES string of the molecule is CC(c1cccc(-c2cc(N3CCN(C)CC3)nc(N)n2)c1)N1CCCC1. The second-order valence-corrected chi connectivity index (χ2v) is 7.80. The van der Waals surface area contributed by atoms with Crippen molar-refractivity contribution in [3.8, 4) is 11.3 Å². The van der Waals surface area contributed by atoms with E-state index >= 15 is 0 Å². The van der Waals surface area contributed by atoms with E-state index < -0.39 is 0 Å². The molecule has 2 aliphatic rings. The highest BCUT2D eigenvalue weighted by Crippen LogP contribution is 2.29. The van der Waals surface area contributed by atoms with Gasteiger partial charge in [0.05, 0.1) is 5.69 Å². The molecular weight excluding hydrogens is 336 g/mol. The summed E-state index contributed by atoms with van der Waals surface area (Å²) in [4.78, 5) is 16.2.